The molecule has 0 bridgehead atoms. The minimum Gasteiger partial charge on any atom is -0.464 e. The number of rotatable bonds is 0. The average Bonchev–Trinajstić information content (AvgIpc) is 2.41. The van der Waals surface area contributed by atoms with Crippen LogP contribution in [0.3, 0.4) is 0 Å². The summed E-state index contributed by atoms with van der Waals surface area (Å²) in [6.45, 7) is 0. The Morgan fingerprint density at radius 2 is 2.15 bits per heavy atom. The topological polar surface area (TPSA) is 33.0 Å². The van der Waals surface area contributed by atoms with Crippen molar-refractivity contribution >= 4 is 6.08 Å². The molecule has 1 aliphatic rings. The van der Waals surface area contributed by atoms with Gasteiger partial charge in [-0.2, -0.15) is 5.26 Å². The van der Waals surface area contributed by atoms with Crippen LogP contribution in [-0.2, 0) is 0 Å². The lowest BCUT2D eigenvalue weighted by molar-refractivity contribution is 0.481. The molecular formula is C11H7NO. The number of hydrogen-bond donors (Lipinski definition) is 0. The summed E-state index contributed by atoms with van der Waals surface area (Å²) in [6.07, 6.45) is 7.23. The van der Waals surface area contributed by atoms with E-state index in [1.807, 2.05) is 18.2 Å². The highest BCUT2D eigenvalue weighted by atomic mass is 16.5. The van der Waals surface area contributed by atoms with Crippen molar-refractivity contribution in [3.63, 3.8) is 0 Å². The van der Waals surface area contributed by atoms with Crippen molar-refractivity contribution < 1.29 is 4.74 Å². The molecule has 1 aromatic carbocycles. The van der Waals surface area contributed by atoms with Gasteiger partial charge in [-0.25, -0.2) is 0 Å². The molecule has 1 aliphatic heterocycles. The third-order valence-electron chi connectivity index (χ3n) is 1.80. The molecule has 2 nitrogen and oxygen atoms in total. The van der Waals surface area contributed by atoms with Gasteiger partial charge in [0.1, 0.15) is 5.75 Å². The second-order valence-corrected chi connectivity index (χ2v) is 2.67. The molecule has 0 fully saturated rings. The van der Waals surface area contributed by atoms with Crippen LogP contribution in [0.15, 0.2) is 36.6 Å². The molecule has 0 unspecified atom stereocenters. The molecule has 0 aliphatic carbocycles. The van der Waals surface area contributed by atoms with Crippen LogP contribution < -0.4 is 4.74 Å². The Bertz CT molecular complexity index is 424. The lowest BCUT2D eigenvalue weighted by Gasteiger charge is -2.02. The van der Waals surface area contributed by atoms with Crippen LogP contribution in [-0.4, -0.2) is 0 Å². The first-order chi connectivity index (χ1) is 6.40. The maximum absolute atomic E-state index is 8.68. The molecule has 13 heavy (non-hydrogen) atoms. The quantitative estimate of drug-likeness (QED) is 0.597. The number of benzene rings is 1. The summed E-state index contributed by atoms with van der Waals surface area (Å²) in [5, 5.41) is 8.68. The fourth-order valence-electron chi connectivity index (χ4n) is 1.17. The van der Waals surface area contributed by atoms with Crippen molar-refractivity contribution in [1.29, 1.82) is 5.26 Å². The number of hydrogen-bond acceptors (Lipinski definition) is 2. The largest absolute Gasteiger partial charge is 0.464 e. The minimum atomic E-state index is 0.647. The van der Waals surface area contributed by atoms with Gasteiger partial charge in [-0.15, -0.1) is 0 Å². The number of nitrogens with zero attached hydrogens (tertiary/aromatic N) is 1. The van der Waals surface area contributed by atoms with Gasteiger partial charge in [-0.05, 0) is 24.3 Å². The van der Waals surface area contributed by atoms with Crippen LogP contribution in [0.4, 0.5) is 0 Å². The second-order valence-electron chi connectivity index (χ2n) is 2.67. The number of fused-ring (bicyclic) bond motifs is 1. The van der Waals surface area contributed by atoms with Crippen LogP contribution in [0.5, 0.6) is 5.75 Å². The first-order valence-electron chi connectivity index (χ1n) is 3.94. The third-order valence-corrected chi connectivity index (χ3v) is 1.80. The molecule has 1 heterocycles. The molecule has 0 aromatic heterocycles. The zero-order valence-electron chi connectivity index (χ0n) is 6.90. The fraction of sp³-hybridized carbons (Fsp3) is 0. The third kappa shape index (κ3) is 1.45. The van der Waals surface area contributed by atoms with Crippen molar-refractivity contribution in [2.24, 2.45) is 0 Å². The lowest BCUT2D eigenvalue weighted by atomic mass is 10.1. The Labute approximate surface area is 76.4 Å². The molecule has 0 radical (unpaired) electrons. The van der Waals surface area contributed by atoms with Gasteiger partial charge in [0.15, 0.2) is 0 Å². The van der Waals surface area contributed by atoms with Crippen molar-refractivity contribution in [3.8, 4) is 11.8 Å². The first-order valence-corrected chi connectivity index (χ1v) is 3.94. The van der Waals surface area contributed by atoms with E-state index in [4.69, 9.17) is 10.00 Å². The van der Waals surface area contributed by atoms with Gasteiger partial charge in [0.05, 0.1) is 17.9 Å². The SMILES string of the molecule is N#Cc1ccc2c(c1)C=CC=CO2. The Morgan fingerprint density at radius 3 is 3.00 bits per heavy atom. The van der Waals surface area contributed by atoms with Gasteiger partial charge in [0.2, 0.25) is 0 Å². The van der Waals surface area contributed by atoms with E-state index in [0.717, 1.165) is 11.3 Å². The van der Waals surface area contributed by atoms with Crippen molar-refractivity contribution in [2.75, 3.05) is 0 Å². The monoisotopic (exact) mass is 169 g/mol. The summed E-state index contributed by atoms with van der Waals surface area (Å²) >= 11 is 0. The van der Waals surface area contributed by atoms with Crippen molar-refractivity contribution in [1.82, 2.24) is 0 Å². The molecule has 0 N–H and O–H groups in total. The van der Waals surface area contributed by atoms with Gasteiger partial charge in [-0.1, -0.05) is 12.2 Å². The van der Waals surface area contributed by atoms with Gasteiger partial charge in [-0.3, -0.25) is 0 Å². The predicted molar refractivity (Wildman–Crippen MR) is 50.0 cm³/mol. The van der Waals surface area contributed by atoms with Crippen LogP contribution in [0, 0.1) is 11.3 Å². The molecule has 0 saturated carbocycles. The van der Waals surface area contributed by atoms with E-state index in [0.29, 0.717) is 5.56 Å². The maximum Gasteiger partial charge on any atom is 0.133 e. The molecule has 2 rings (SSSR count). The van der Waals surface area contributed by atoms with Crippen molar-refractivity contribution in [3.05, 3.63) is 47.7 Å². The summed E-state index contributed by atoms with van der Waals surface area (Å²) in [5.41, 5.74) is 1.58. The zero-order chi connectivity index (χ0) is 9.10. The van der Waals surface area contributed by atoms with E-state index < -0.39 is 0 Å². The molecule has 2 heteroatoms. The van der Waals surface area contributed by atoms with E-state index in [-0.39, 0.29) is 0 Å². The Kier molecular flexibility index (Phi) is 1.85. The highest BCUT2D eigenvalue weighted by Crippen LogP contribution is 2.23. The Balaban J connectivity index is 2.53. The second kappa shape index (κ2) is 3.16. The van der Waals surface area contributed by atoms with Gasteiger partial charge in [0, 0.05) is 5.56 Å². The first kappa shape index (κ1) is 7.63. The molecule has 62 valence electrons. The Morgan fingerprint density at radius 1 is 1.23 bits per heavy atom. The van der Waals surface area contributed by atoms with E-state index in [2.05, 4.69) is 6.07 Å². The standard InChI is InChI=1S/C11H7NO/c12-8-9-4-5-11-10(7-9)3-1-2-6-13-11/h1-7H. The summed E-state index contributed by atoms with van der Waals surface area (Å²) < 4.78 is 5.30. The highest BCUT2D eigenvalue weighted by molar-refractivity contribution is 5.61. The fourth-order valence-corrected chi connectivity index (χ4v) is 1.17. The predicted octanol–water partition coefficient (Wildman–Crippen LogP) is 2.48. The van der Waals surface area contributed by atoms with Crippen LogP contribution in [0.1, 0.15) is 11.1 Å². The van der Waals surface area contributed by atoms with E-state index in [1.165, 1.54) is 0 Å². The zero-order valence-corrected chi connectivity index (χ0v) is 6.90. The smallest absolute Gasteiger partial charge is 0.133 e. The highest BCUT2D eigenvalue weighted by Gasteiger charge is 2.02. The van der Waals surface area contributed by atoms with Crippen molar-refractivity contribution in [2.45, 2.75) is 0 Å². The molecule has 0 saturated heterocycles. The summed E-state index contributed by atoms with van der Waals surface area (Å²) in [6, 6.07) is 7.43. The van der Waals surface area contributed by atoms with Gasteiger partial charge < -0.3 is 4.74 Å². The van der Waals surface area contributed by atoms with Gasteiger partial charge >= 0.3 is 0 Å². The van der Waals surface area contributed by atoms with Crippen LogP contribution >= 0.6 is 0 Å². The number of allylic oxidation sites excluding steroid dienone is 2. The average molecular weight is 169 g/mol. The minimum absolute atomic E-state index is 0.647. The normalized spacial score (nSPS) is 12.5. The summed E-state index contributed by atoms with van der Waals surface area (Å²) in [7, 11) is 0. The Hall–Kier alpha value is -2.01. The summed E-state index contributed by atoms with van der Waals surface area (Å²) in [5.74, 6) is 0.781. The molecular weight excluding hydrogens is 162 g/mol. The van der Waals surface area contributed by atoms with Crippen LogP contribution in [0.25, 0.3) is 6.08 Å². The lowest BCUT2D eigenvalue weighted by Crippen LogP contribution is -1.85. The number of ether oxygens (including phenoxy) is 1. The van der Waals surface area contributed by atoms with Crippen LogP contribution in [0.2, 0.25) is 0 Å². The van der Waals surface area contributed by atoms with Gasteiger partial charge in [0.25, 0.3) is 0 Å². The van der Waals surface area contributed by atoms with E-state index in [9.17, 15) is 0 Å². The molecule has 0 atom stereocenters. The summed E-state index contributed by atoms with van der Waals surface area (Å²) in [4.78, 5) is 0. The number of nitriles is 1. The van der Waals surface area contributed by atoms with E-state index >= 15 is 0 Å². The maximum atomic E-state index is 8.68. The molecule has 0 spiro atoms. The molecule has 1 aromatic rings. The molecule has 0 amide bonds. The van der Waals surface area contributed by atoms with E-state index in [1.54, 1.807) is 24.5 Å².